The lowest BCUT2D eigenvalue weighted by Gasteiger charge is -2.18. The van der Waals surface area contributed by atoms with Gasteiger partial charge in [-0.25, -0.2) is 0 Å². The summed E-state index contributed by atoms with van der Waals surface area (Å²) in [5, 5.41) is 11.4. The molecule has 2 rings (SSSR count). The fraction of sp³-hybridized carbons (Fsp3) is 0.474. The molecule has 0 aliphatic carbocycles. The highest BCUT2D eigenvalue weighted by Gasteiger charge is 2.14. The van der Waals surface area contributed by atoms with E-state index in [2.05, 4.69) is 34.6 Å². The second-order valence-electron chi connectivity index (χ2n) is 5.93. The third-order valence-electron chi connectivity index (χ3n) is 3.97. The Morgan fingerprint density at radius 2 is 1.96 bits per heavy atom. The topological polar surface area (TPSA) is 71.7 Å². The molecule has 1 unspecified atom stereocenters. The number of hydrogen-bond donors (Lipinski definition) is 2. The molecule has 1 aromatic carbocycles. The molecular weight excluding hydrogens is 352 g/mol. The van der Waals surface area contributed by atoms with E-state index >= 15 is 0 Å². The maximum Gasteiger partial charge on any atom is 0.191 e. The minimum atomic E-state index is -0.0253. The van der Waals surface area contributed by atoms with Crippen LogP contribution in [0.2, 0.25) is 5.02 Å². The SMILES string of the molecule is CCc1noc(CC)c1CNC(=NC)NCC(C)Oc1ccc(Cl)cc1. The van der Waals surface area contributed by atoms with Crippen molar-refractivity contribution in [2.24, 2.45) is 4.99 Å². The molecule has 1 heterocycles. The first-order valence-corrected chi connectivity index (χ1v) is 9.28. The summed E-state index contributed by atoms with van der Waals surface area (Å²) in [5.74, 6) is 2.42. The van der Waals surface area contributed by atoms with Gasteiger partial charge in [0.15, 0.2) is 5.96 Å². The number of benzene rings is 1. The number of nitrogens with one attached hydrogen (secondary N) is 2. The van der Waals surface area contributed by atoms with Gasteiger partial charge in [0.05, 0.1) is 12.2 Å². The average Bonchev–Trinajstić information content (AvgIpc) is 3.05. The lowest BCUT2D eigenvalue weighted by Crippen LogP contribution is -2.41. The summed E-state index contributed by atoms with van der Waals surface area (Å²) < 4.78 is 11.3. The maximum absolute atomic E-state index is 5.89. The lowest BCUT2D eigenvalue weighted by molar-refractivity contribution is 0.224. The number of ether oxygens (including phenoxy) is 1. The van der Waals surface area contributed by atoms with Gasteiger partial charge in [-0.15, -0.1) is 0 Å². The van der Waals surface area contributed by atoms with Gasteiger partial charge in [-0.3, -0.25) is 4.99 Å². The van der Waals surface area contributed by atoms with Crippen molar-refractivity contribution in [1.29, 1.82) is 0 Å². The smallest absolute Gasteiger partial charge is 0.191 e. The zero-order chi connectivity index (χ0) is 18.9. The van der Waals surface area contributed by atoms with Gasteiger partial charge in [0.25, 0.3) is 0 Å². The molecular formula is C19H27ClN4O2. The van der Waals surface area contributed by atoms with Gasteiger partial charge >= 0.3 is 0 Å². The number of guanidine groups is 1. The molecule has 6 nitrogen and oxygen atoms in total. The van der Waals surface area contributed by atoms with Crippen molar-refractivity contribution < 1.29 is 9.26 Å². The van der Waals surface area contributed by atoms with Crippen LogP contribution in [0, 0.1) is 0 Å². The number of nitrogens with zero attached hydrogens (tertiary/aromatic N) is 2. The van der Waals surface area contributed by atoms with Crippen molar-refractivity contribution in [2.75, 3.05) is 13.6 Å². The predicted octanol–water partition coefficient (Wildman–Crippen LogP) is 3.59. The van der Waals surface area contributed by atoms with Crippen molar-refractivity contribution >= 4 is 17.6 Å². The molecule has 0 spiro atoms. The normalized spacial score (nSPS) is 12.7. The van der Waals surface area contributed by atoms with Gasteiger partial charge in [-0.2, -0.15) is 0 Å². The van der Waals surface area contributed by atoms with Gasteiger partial charge in [0.1, 0.15) is 17.6 Å². The Balaban J connectivity index is 1.84. The van der Waals surface area contributed by atoms with E-state index < -0.39 is 0 Å². The van der Waals surface area contributed by atoms with Crippen molar-refractivity contribution in [1.82, 2.24) is 15.8 Å². The minimum absolute atomic E-state index is 0.0253. The molecule has 26 heavy (non-hydrogen) atoms. The Hall–Kier alpha value is -2.21. The standard InChI is InChI=1S/C19H27ClN4O2/c1-5-17-16(18(6-2)26-24-17)12-23-19(21-4)22-11-13(3)25-15-9-7-14(20)8-10-15/h7-10,13H,5-6,11-12H2,1-4H3,(H2,21,22,23). The Morgan fingerprint density at radius 3 is 2.58 bits per heavy atom. The Labute approximate surface area is 160 Å². The number of rotatable bonds is 8. The maximum atomic E-state index is 5.89. The molecule has 0 saturated carbocycles. The Bertz CT molecular complexity index is 691. The fourth-order valence-corrected chi connectivity index (χ4v) is 2.68. The summed E-state index contributed by atoms with van der Waals surface area (Å²) in [6.07, 6.45) is 1.64. The molecule has 142 valence electrons. The third-order valence-corrected chi connectivity index (χ3v) is 4.22. The molecule has 0 aliphatic heterocycles. The molecule has 0 bridgehead atoms. The second-order valence-corrected chi connectivity index (χ2v) is 6.36. The molecule has 2 aromatic rings. The van der Waals surface area contributed by atoms with E-state index in [1.165, 1.54) is 0 Å². The van der Waals surface area contributed by atoms with Crippen LogP contribution in [-0.4, -0.2) is 30.8 Å². The van der Waals surface area contributed by atoms with Crippen LogP contribution in [0.5, 0.6) is 5.75 Å². The number of hydrogen-bond acceptors (Lipinski definition) is 4. The second kappa shape index (κ2) is 10.1. The van der Waals surface area contributed by atoms with E-state index in [1.807, 2.05) is 31.2 Å². The highest BCUT2D eigenvalue weighted by atomic mass is 35.5. The average molecular weight is 379 g/mol. The fourth-order valence-electron chi connectivity index (χ4n) is 2.56. The molecule has 0 saturated heterocycles. The first kappa shape index (κ1) is 20.1. The first-order chi connectivity index (χ1) is 12.6. The van der Waals surface area contributed by atoms with Gasteiger partial charge in [0, 0.05) is 30.6 Å². The molecule has 0 fully saturated rings. The van der Waals surface area contributed by atoms with E-state index in [0.29, 0.717) is 24.1 Å². The van der Waals surface area contributed by atoms with Crippen LogP contribution in [0.15, 0.2) is 33.8 Å². The van der Waals surface area contributed by atoms with Crippen molar-refractivity contribution in [3.8, 4) is 5.75 Å². The first-order valence-electron chi connectivity index (χ1n) is 8.90. The Kier molecular flexibility index (Phi) is 7.78. The highest BCUT2D eigenvalue weighted by molar-refractivity contribution is 6.30. The lowest BCUT2D eigenvalue weighted by atomic mass is 10.1. The van der Waals surface area contributed by atoms with Gasteiger partial charge in [-0.05, 0) is 37.6 Å². The molecule has 0 radical (unpaired) electrons. The molecule has 0 aliphatic rings. The quantitative estimate of drug-likeness (QED) is 0.542. The zero-order valence-corrected chi connectivity index (χ0v) is 16.6. The van der Waals surface area contributed by atoms with E-state index in [0.717, 1.165) is 35.6 Å². The van der Waals surface area contributed by atoms with Crippen LogP contribution in [0.1, 0.15) is 37.8 Å². The summed E-state index contributed by atoms with van der Waals surface area (Å²) in [5.41, 5.74) is 2.10. The van der Waals surface area contributed by atoms with Crippen molar-refractivity contribution in [3.63, 3.8) is 0 Å². The van der Waals surface area contributed by atoms with Crippen molar-refractivity contribution in [3.05, 3.63) is 46.3 Å². The van der Waals surface area contributed by atoms with Gasteiger partial charge in [0.2, 0.25) is 0 Å². The molecule has 7 heteroatoms. The highest BCUT2D eigenvalue weighted by Crippen LogP contribution is 2.17. The summed E-state index contributed by atoms with van der Waals surface area (Å²) in [6.45, 7) is 7.38. The van der Waals surface area contributed by atoms with E-state index in [9.17, 15) is 0 Å². The van der Waals surface area contributed by atoms with E-state index in [-0.39, 0.29) is 6.10 Å². The van der Waals surface area contributed by atoms with Crippen LogP contribution in [0.3, 0.4) is 0 Å². The van der Waals surface area contributed by atoms with E-state index in [4.69, 9.17) is 20.9 Å². The van der Waals surface area contributed by atoms with E-state index in [1.54, 1.807) is 7.05 Å². The number of aryl methyl sites for hydroxylation is 2. The molecule has 0 amide bonds. The summed E-state index contributed by atoms with van der Waals surface area (Å²) in [7, 11) is 1.75. The van der Waals surface area contributed by atoms with Crippen LogP contribution in [0.25, 0.3) is 0 Å². The molecule has 2 N–H and O–H groups in total. The van der Waals surface area contributed by atoms with Crippen LogP contribution >= 0.6 is 11.6 Å². The summed E-state index contributed by atoms with van der Waals surface area (Å²) in [6, 6.07) is 7.34. The van der Waals surface area contributed by atoms with Gasteiger partial charge in [-0.1, -0.05) is 30.6 Å². The number of aliphatic imine (C=N–C) groups is 1. The third kappa shape index (κ3) is 5.66. The van der Waals surface area contributed by atoms with Crippen LogP contribution in [-0.2, 0) is 19.4 Å². The molecule has 1 aromatic heterocycles. The van der Waals surface area contributed by atoms with Crippen LogP contribution < -0.4 is 15.4 Å². The summed E-state index contributed by atoms with van der Waals surface area (Å²) in [4.78, 5) is 4.26. The monoisotopic (exact) mass is 378 g/mol. The molecule has 1 atom stereocenters. The zero-order valence-electron chi connectivity index (χ0n) is 15.8. The number of aromatic nitrogens is 1. The Morgan fingerprint density at radius 1 is 1.23 bits per heavy atom. The predicted molar refractivity (Wildman–Crippen MR) is 105 cm³/mol. The summed E-state index contributed by atoms with van der Waals surface area (Å²) >= 11 is 5.89. The van der Waals surface area contributed by atoms with Crippen LogP contribution in [0.4, 0.5) is 0 Å². The van der Waals surface area contributed by atoms with Gasteiger partial charge < -0.3 is 19.9 Å². The number of halogens is 1. The largest absolute Gasteiger partial charge is 0.489 e. The van der Waals surface area contributed by atoms with Crippen molar-refractivity contribution in [2.45, 2.75) is 46.3 Å². The minimum Gasteiger partial charge on any atom is -0.489 e.